The summed E-state index contributed by atoms with van der Waals surface area (Å²) in [4.78, 5) is 25.2. The van der Waals surface area contributed by atoms with E-state index >= 15 is 0 Å². The molecule has 5 nitrogen and oxygen atoms in total. The number of benzene rings is 1. The van der Waals surface area contributed by atoms with Gasteiger partial charge in [0.05, 0.1) is 7.11 Å². The van der Waals surface area contributed by atoms with Gasteiger partial charge in [0.15, 0.2) is 0 Å². The fourth-order valence-electron chi connectivity index (χ4n) is 2.35. The molecule has 0 saturated heterocycles. The van der Waals surface area contributed by atoms with E-state index in [9.17, 15) is 14.7 Å². The van der Waals surface area contributed by atoms with Gasteiger partial charge in [-0.05, 0) is 42.0 Å². The number of methoxy groups -OCH3 is 1. The van der Waals surface area contributed by atoms with Crippen LogP contribution in [0.4, 0.5) is 0 Å². The summed E-state index contributed by atoms with van der Waals surface area (Å²) in [5.41, 5.74) is 0.835. The second-order valence-electron chi connectivity index (χ2n) is 5.45. The second-order valence-corrected chi connectivity index (χ2v) is 6.48. The van der Waals surface area contributed by atoms with Crippen molar-refractivity contribution in [3.63, 3.8) is 0 Å². The molecule has 1 aromatic heterocycles. The highest BCUT2D eigenvalue weighted by molar-refractivity contribution is 7.09. The molecule has 1 amide bonds. The number of aryl methyl sites for hydroxylation is 1. The number of esters is 1. The standard InChI is InChI=1S/C18H21NO4S/c1-23-18(22)16(12-13-7-9-14(20)10-8-13)19-17(21)6-2-4-15-5-3-11-24-15/h3,5,7-11,16,20H,2,4,6,12H2,1H3,(H,19,21)/t16-/m0/s1. The summed E-state index contributed by atoms with van der Waals surface area (Å²) in [6, 6.07) is 9.84. The smallest absolute Gasteiger partial charge is 0.328 e. The van der Waals surface area contributed by atoms with Crippen molar-refractivity contribution >= 4 is 23.2 Å². The van der Waals surface area contributed by atoms with Crippen LogP contribution < -0.4 is 5.32 Å². The van der Waals surface area contributed by atoms with Crippen molar-refractivity contribution in [1.82, 2.24) is 5.32 Å². The summed E-state index contributed by atoms with van der Waals surface area (Å²) < 4.78 is 4.77. The average Bonchev–Trinajstić information content (AvgIpc) is 3.09. The number of hydrogen-bond acceptors (Lipinski definition) is 5. The number of ether oxygens (including phenoxy) is 1. The summed E-state index contributed by atoms with van der Waals surface area (Å²) in [6.45, 7) is 0. The van der Waals surface area contributed by atoms with E-state index in [4.69, 9.17) is 4.74 Å². The minimum absolute atomic E-state index is 0.158. The summed E-state index contributed by atoms with van der Waals surface area (Å²) >= 11 is 1.67. The Morgan fingerprint density at radius 3 is 2.62 bits per heavy atom. The molecule has 0 unspecified atom stereocenters. The Labute approximate surface area is 145 Å². The first-order valence-electron chi connectivity index (χ1n) is 7.76. The molecule has 2 rings (SSSR count). The zero-order valence-electron chi connectivity index (χ0n) is 13.5. The van der Waals surface area contributed by atoms with Crippen LogP contribution in [0.5, 0.6) is 5.75 Å². The summed E-state index contributed by atoms with van der Waals surface area (Å²) in [5.74, 6) is -0.485. The van der Waals surface area contributed by atoms with Crippen LogP contribution in [0, 0.1) is 0 Å². The van der Waals surface area contributed by atoms with Crippen molar-refractivity contribution < 1.29 is 19.4 Å². The fraction of sp³-hybridized carbons (Fsp3) is 0.333. The van der Waals surface area contributed by atoms with Crippen LogP contribution in [-0.2, 0) is 27.2 Å². The van der Waals surface area contributed by atoms with E-state index in [-0.39, 0.29) is 11.7 Å². The van der Waals surface area contributed by atoms with Gasteiger partial charge >= 0.3 is 5.97 Å². The quantitative estimate of drug-likeness (QED) is 0.720. The van der Waals surface area contributed by atoms with Gasteiger partial charge in [0, 0.05) is 17.7 Å². The van der Waals surface area contributed by atoms with Crippen LogP contribution in [-0.4, -0.2) is 30.1 Å². The third-order valence-corrected chi connectivity index (χ3v) is 4.54. The maximum absolute atomic E-state index is 12.1. The van der Waals surface area contributed by atoms with Gasteiger partial charge in [-0.25, -0.2) is 4.79 Å². The van der Waals surface area contributed by atoms with E-state index in [0.717, 1.165) is 18.4 Å². The van der Waals surface area contributed by atoms with Gasteiger partial charge < -0.3 is 15.2 Å². The van der Waals surface area contributed by atoms with E-state index in [1.165, 1.54) is 12.0 Å². The Bertz CT molecular complexity index is 652. The summed E-state index contributed by atoms with van der Waals surface area (Å²) in [5, 5.41) is 14.1. The van der Waals surface area contributed by atoms with Crippen LogP contribution in [0.1, 0.15) is 23.3 Å². The molecular formula is C18H21NO4S. The van der Waals surface area contributed by atoms with Gasteiger partial charge in [0.1, 0.15) is 11.8 Å². The molecule has 0 aliphatic carbocycles. The van der Waals surface area contributed by atoms with Crippen LogP contribution in [0.25, 0.3) is 0 Å². The molecule has 128 valence electrons. The number of carbonyl (C=O) groups is 2. The Morgan fingerprint density at radius 2 is 2.00 bits per heavy atom. The van der Waals surface area contributed by atoms with Crippen LogP contribution >= 0.6 is 11.3 Å². The number of hydrogen-bond donors (Lipinski definition) is 2. The number of aromatic hydroxyl groups is 1. The molecule has 0 aliphatic rings. The molecule has 0 saturated carbocycles. The number of amides is 1. The normalized spacial score (nSPS) is 11.7. The molecule has 2 aromatic rings. The molecule has 0 fully saturated rings. The lowest BCUT2D eigenvalue weighted by Crippen LogP contribution is -2.43. The van der Waals surface area contributed by atoms with Crippen LogP contribution in [0.15, 0.2) is 41.8 Å². The third kappa shape index (κ3) is 5.70. The number of phenolic OH excluding ortho intramolecular Hbond substituents is 1. The highest BCUT2D eigenvalue weighted by Gasteiger charge is 2.21. The fourth-order valence-corrected chi connectivity index (χ4v) is 3.10. The number of carbonyl (C=O) groups excluding carboxylic acids is 2. The lowest BCUT2D eigenvalue weighted by atomic mass is 10.1. The first-order valence-corrected chi connectivity index (χ1v) is 8.64. The largest absolute Gasteiger partial charge is 0.508 e. The number of phenols is 1. The molecule has 0 aliphatic heterocycles. The van der Waals surface area contributed by atoms with Gasteiger partial charge in [0.2, 0.25) is 5.91 Å². The Hall–Kier alpha value is -2.34. The molecule has 1 atom stereocenters. The molecule has 1 heterocycles. The van der Waals surface area contributed by atoms with Crippen molar-refractivity contribution in [2.45, 2.75) is 31.7 Å². The zero-order valence-corrected chi connectivity index (χ0v) is 14.3. The first-order chi connectivity index (χ1) is 11.6. The van der Waals surface area contributed by atoms with Gasteiger partial charge in [-0.15, -0.1) is 11.3 Å². The highest BCUT2D eigenvalue weighted by Crippen LogP contribution is 2.13. The minimum atomic E-state index is -0.728. The molecule has 0 bridgehead atoms. The number of thiophene rings is 1. The monoisotopic (exact) mass is 347 g/mol. The average molecular weight is 347 g/mol. The molecule has 0 spiro atoms. The van der Waals surface area contributed by atoms with Crippen molar-refractivity contribution in [3.8, 4) is 5.75 Å². The molecular weight excluding hydrogens is 326 g/mol. The van der Waals surface area contributed by atoms with Crippen molar-refractivity contribution in [1.29, 1.82) is 0 Å². The van der Waals surface area contributed by atoms with Gasteiger partial charge in [-0.3, -0.25) is 4.79 Å². The molecule has 6 heteroatoms. The molecule has 0 radical (unpaired) electrons. The van der Waals surface area contributed by atoms with Gasteiger partial charge in [-0.2, -0.15) is 0 Å². The van der Waals surface area contributed by atoms with E-state index < -0.39 is 12.0 Å². The van der Waals surface area contributed by atoms with Crippen LogP contribution in [0.2, 0.25) is 0 Å². The van der Waals surface area contributed by atoms with Crippen molar-refractivity contribution in [2.75, 3.05) is 7.11 Å². The number of rotatable bonds is 8. The minimum Gasteiger partial charge on any atom is -0.508 e. The third-order valence-electron chi connectivity index (χ3n) is 3.60. The maximum Gasteiger partial charge on any atom is 0.328 e. The molecule has 24 heavy (non-hydrogen) atoms. The maximum atomic E-state index is 12.1. The Morgan fingerprint density at radius 1 is 1.25 bits per heavy atom. The van der Waals surface area contributed by atoms with Gasteiger partial charge in [0.25, 0.3) is 0 Å². The van der Waals surface area contributed by atoms with Gasteiger partial charge in [-0.1, -0.05) is 18.2 Å². The number of nitrogens with one attached hydrogen (secondary N) is 1. The van der Waals surface area contributed by atoms with E-state index in [1.807, 2.05) is 17.5 Å². The zero-order chi connectivity index (χ0) is 17.4. The lowest BCUT2D eigenvalue weighted by Gasteiger charge is -2.16. The van der Waals surface area contributed by atoms with Crippen molar-refractivity contribution in [3.05, 3.63) is 52.2 Å². The summed E-state index contributed by atoms with van der Waals surface area (Å²) in [7, 11) is 1.30. The SMILES string of the molecule is COC(=O)[C@H](Cc1ccc(O)cc1)NC(=O)CCCc1cccs1. The van der Waals surface area contributed by atoms with Crippen LogP contribution in [0.3, 0.4) is 0 Å². The second kappa shape index (κ2) is 9.08. The van der Waals surface area contributed by atoms with Crippen molar-refractivity contribution in [2.24, 2.45) is 0 Å². The Balaban J connectivity index is 1.86. The summed E-state index contributed by atoms with van der Waals surface area (Å²) in [6.07, 6.45) is 2.27. The predicted molar refractivity (Wildman–Crippen MR) is 93.0 cm³/mol. The molecule has 2 N–H and O–H groups in total. The topological polar surface area (TPSA) is 75.6 Å². The molecule has 1 aromatic carbocycles. The first kappa shape index (κ1) is 18.0. The predicted octanol–water partition coefficient (Wildman–Crippen LogP) is 2.68. The highest BCUT2D eigenvalue weighted by atomic mass is 32.1. The Kier molecular flexibility index (Phi) is 6.81. The lowest BCUT2D eigenvalue weighted by molar-refractivity contribution is -0.145. The van der Waals surface area contributed by atoms with E-state index in [0.29, 0.717) is 12.8 Å². The van der Waals surface area contributed by atoms with E-state index in [2.05, 4.69) is 5.32 Å². The van der Waals surface area contributed by atoms with E-state index in [1.54, 1.807) is 35.6 Å².